The summed E-state index contributed by atoms with van der Waals surface area (Å²) in [5.41, 5.74) is 0.574. The minimum atomic E-state index is -0.520. The van der Waals surface area contributed by atoms with Crippen molar-refractivity contribution >= 4 is 0 Å². The predicted octanol–water partition coefficient (Wildman–Crippen LogP) is 0.728. The smallest absolute Gasteiger partial charge is 0.124 e. The fourth-order valence-electron chi connectivity index (χ4n) is 0.437. The molecule has 0 unspecified atom stereocenters. The van der Waals surface area contributed by atoms with Crippen LogP contribution < -0.4 is 0 Å². The van der Waals surface area contributed by atoms with Gasteiger partial charge in [-0.15, -0.1) is 0 Å². The van der Waals surface area contributed by atoms with Crippen molar-refractivity contribution in [3.8, 4) is 0 Å². The average molecular weight is 113 g/mol. The normalized spacial score (nSPS) is 13.8. The number of nitrogens with zero attached hydrogens (tertiary/aromatic N) is 1. The highest BCUT2D eigenvalue weighted by Crippen LogP contribution is 2.06. The van der Waals surface area contributed by atoms with E-state index in [1.165, 1.54) is 6.26 Å². The molecule has 0 aliphatic rings. The standard InChI is InChI=1S/C5H7NO2/c1-4(7)5-2-3-8-6-5/h2-4,7H,1H3/t4-/m0/s1. The lowest BCUT2D eigenvalue weighted by atomic mass is 10.3. The summed E-state index contributed by atoms with van der Waals surface area (Å²) in [5.74, 6) is 0. The van der Waals surface area contributed by atoms with E-state index in [1.54, 1.807) is 13.0 Å². The van der Waals surface area contributed by atoms with Gasteiger partial charge in [0.15, 0.2) is 0 Å². The molecule has 0 aliphatic heterocycles. The third-order valence-corrected chi connectivity index (χ3v) is 0.886. The third kappa shape index (κ3) is 0.869. The highest BCUT2D eigenvalue weighted by atomic mass is 16.5. The first-order valence-electron chi connectivity index (χ1n) is 2.39. The zero-order valence-corrected chi connectivity index (χ0v) is 4.53. The van der Waals surface area contributed by atoms with Crippen LogP contribution in [-0.4, -0.2) is 10.3 Å². The maximum Gasteiger partial charge on any atom is 0.124 e. The number of rotatable bonds is 1. The van der Waals surface area contributed by atoms with Crippen molar-refractivity contribution in [1.29, 1.82) is 0 Å². The van der Waals surface area contributed by atoms with Crippen LogP contribution in [0.2, 0.25) is 0 Å². The first-order chi connectivity index (χ1) is 3.80. The van der Waals surface area contributed by atoms with Crippen LogP contribution in [0.5, 0.6) is 0 Å². The molecular formula is C5H7NO2. The summed E-state index contributed by atoms with van der Waals surface area (Å²) in [6.45, 7) is 1.64. The van der Waals surface area contributed by atoms with Crippen molar-refractivity contribution in [1.82, 2.24) is 5.16 Å². The largest absolute Gasteiger partial charge is 0.387 e. The van der Waals surface area contributed by atoms with Gasteiger partial charge in [-0.1, -0.05) is 5.16 Å². The Morgan fingerprint density at radius 2 is 2.62 bits per heavy atom. The summed E-state index contributed by atoms with van der Waals surface area (Å²) < 4.78 is 4.47. The Kier molecular flexibility index (Phi) is 1.30. The molecule has 0 fully saturated rings. The lowest BCUT2D eigenvalue weighted by molar-refractivity contribution is 0.188. The van der Waals surface area contributed by atoms with Crippen LogP contribution in [0.15, 0.2) is 16.9 Å². The molecule has 0 radical (unpaired) electrons. The van der Waals surface area contributed by atoms with Crippen molar-refractivity contribution < 1.29 is 9.63 Å². The van der Waals surface area contributed by atoms with Gasteiger partial charge in [-0.2, -0.15) is 0 Å². The highest BCUT2D eigenvalue weighted by Gasteiger charge is 2.00. The van der Waals surface area contributed by atoms with Gasteiger partial charge in [0.1, 0.15) is 12.0 Å². The van der Waals surface area contributed by atoms with Gasteiger partial charge in [0.2, 0.25) is 0 Å². The van der Waals surface area contributed by atoms with Crippen molar-refractivity contribution in [3.05, 3.63) is 18.0 Å². The summed E-state index contributed by atoms with van der Waals surface area (Å²) in [4.78, 5) is 0. The zero-order valence-electron chi connectivity index (χ0n) is 4.53. The molecule has 0 saturated carbocycles. The van der Waals surface area contributed by atoms with Crippen LogP contribution in [0.4, 0.5) is 0 Å². The number of aliphatic hydroxyl groups excluding tert-OH is 1. The van der Waals surface area contributed by atoms with E-state index in [1.807, 2.05) is 0 Å². The lowest BCUT2D eigenvalue weighted by Gasteiger charge is -1.92. The van der Waals surface area contributed by atoms with E-state index in [0.29, 0.717) is 5.69 Å². The van der Waals surface area contributed by atoms with Gasteiger partial charge in [-0.05, 0) is 6.92 Å². The van der Waals surface area contributed by atoms with Gasteiger partial charge in [-0.25, -0.2) is 0 Å². The fourth-order valence-corrected chi connectivity index (χ4v) is 0.437. The molecule has 0 bridgehead atoms. The molecule has 0 aromatic carbocycles. The molecule has 1 rings (SSSR count). The Labute approximate surface area is 46.9 Å². The van der Waals surface area contributed by atoms with Crippen molar-refractivity contribution in [2.45, 2.75) is 13.0 Å². The van der Waals surface area contributed by atoms with Gasteiger partial charge in [-0.3, -0.25) is 0 Å². The topological polar surface area (TPSA) is 46.3 Å². The molecule has 3 nitrogen and oxygen atoms in total. The summed E-state index contributed by atoms with van der Waals surface area (Å²) in [5, 5.41) is 12.3. The molecule has 1 atom stereocenters. The molecule has 44 valence electrons. The Bertz CT molecular complexity index is 145. The number of aliphatic hydroxyl groups is 1. The fraction of sp³-hybridized carbons (Fsp3) is 0.400. The summed E-state index contributed by atoms with van der Waals surface area (Å²) >= 11 is 0. The predicted molar refractivity (Wildman–Crippen MR) is 27.1 cm³/mol. The molecule has 0 spiro atoms. The first-order valence-corrected chi connectivity index (χ1v) is 2.39. The lowest BCUT2D eigenvalue weighted by Crippen LogP contribution is -1.88. The zero-order chi connectivity index (χ0) is 5.98. The quantitative estimate of drug-likeness (QED) is 0.583. The van der Waals surface area contributed by atoms with Crippen LogP contribution in [0, 0.1) is 0 Å². The van der Waals surface area contributed by atoms with E-state index in [9.17, 15) is 0 Å². The maximum atomic E-state index is 8.79. The molecule has 8 heavy (non-hydrogen) atoms. The SMILES string of the molecule is C[C@H](O)c1ccon1. The Hall–Kier alpha value is -0.830. The summed E-state index contributed by atoms with van der Waals surface area (Å²) in [7, 11) is 0. The van der Waals surface area contributed by atoms with E-state index in [2.05, 4.69) is 9.68 Å². The van der Waals surface area contributed by atoms with Crippen molar-refractivity contribution in [2.24, 2.45) is 0 Å². The molecule has 1 N–H and O–H groups in total. The van der Waals surface area contributed by atoms with E-state index in [4.69, 9.17) is 5.11 Å². The molecule has 3 heteroatoms. The molecular weight excluding hydrogens is 106 g/mol. The van der Waals surface area contributed by atoms with Crippen molar-refractivity contribution in [2.75, 3.05) is 0 Å². The Morgan fingerprint density at radius 1 is 1.88 bits per heavy atom. The second kappa shape index (κ2) is 1.96. The van der Waals surface area contributed by atoms with E-state index in [-0.39, 0.29) is 0 Å². The van der Waals surface area contributed by atoms with Crippen LogP contribution >= 0.6 is 0 Å². The van der Waals surface area contributed by atoms with E-state index >= 15 is 0 Å². The number of hydrogen-bond donors (Lipinski definition) is 1. The number of aromatic nitrogens is 1. The van der Waals surface area contributed by atoms with Gasteiger partial charge in [0, 0.05) is 6.07 Å². The molecule has 1 aromatic rings. The Morgan fingerprint density at radius 3 is 2.88 bits per heavy atom. The first kappa shape index (κ1) is 5.31. The van der Waals surface area contributed by atoms with Gasteiger partial charge in [0.05, 0.1) is 6.10 Å². The molecule has 0 aliphatic carbocycles. The van der Waals surface area contributed by atoms with E-state index < -0.39 is 6.10 Å². The number of hydrogen-bond acceptors (Lipinski definition) is 3. The molecule has 1 heterocycles. The molecule has 0 saturated heterocycles. The van der Waals surface area contributed by atoms with Gasteiger partial charge < -0.3 is 9.63 Å². The second-order valence-corrected chi connectivity index (χ2v) is 1.60. The van der Waals surface area contributed by atoms with Crippen LogP contribution in [-0.2, 0) is 0 Å². The van der Waals surface area contributed by atoms with Gasteiger partial charge >= 0.3 is 0 Å². The van der Waals surface area contributed by atoms with Crippen molar-refractivity contribution in [3.63, 3.8) is 0 Å². The van der Waals surface area contributed by atoms with Gasteiger partial charge in [0.25, 0.3) is 0 Å². The summed E-state index contributed by atoms with van der Waals surface area (Å²) in [6, 6.07) is 1.63. The minimum absolute atomic E-state index is 0.520. The third-order valence-electron chi connectivity index (χ3n) is 0.886. The monoisotopic (exact) mass is 113 g/mol. The summed E-state index contributed by atoms with van der Waals surface area (Å²) in [6.07, 6.45) is 0.913. The maximum absolute atomic E-state index is 8.79. The van der Waals surface area contributed by atoms with Crippen LogP contribution in [0.1, 0.15) is 18.7 Å². The van der Waals surface area contributed by atoms with Crippen LogP contribution in [0.25, 0.3) is 0 Å². The molecule has 1 aromatic heterocycles. The molecule has 0 amide bonds. The second-order valence-electron chi connectivity index (χ2n) is 1.60. The highest BCUT2D eigenvalue weighted by molar-refractivity contribution is 4.97. The van der Waals surface area contributed by atoms with Crippen LogP contribution in [0.3, 0.4) is 0 Å². The van der Waals surface area contributed by atoms with E-state index in [0.717, 1.165) is 0 Å². The minimum Gasteiger partial charge on any atom is -0.387 e. The Balaban J connectivity index is 2.77. The average Bonchev–Trinajstić information content (AvgIpc) is 2.12.